The number of aliphatic hydroxyl groups excluding tert-OH is 1. The molecule has 3 atom stereocenters. The number of nitrogens with one attached hydrogen (secondary N) is 2. The Hall–Kier alpha value is -3.58. The van der Waals surface area contributed by atoms with Crippen molar-refractivity contribution in [3.63, 3.8) is 0 Å². The molecular formula is C30H39FN4O7S. The van der Waals surface area contributed by atoms with E-state index in [9.17, 15) is 28.7 Å². The van der Waals surface area contributed by atoms with E-state index in [4.69, 9.17) is 9.47 Å². The number of carbonyl (C=O) groups excluding carboxylic acids is 4. The van der Waals surface area contributed by atoms with Crippen LogP contribution in [-0.4, -0.2) is 82.8 Å². The maximum absolute atomic E-state index is 14.4. The van der Waals surface area contributed by atoms with Crippen LogP contribution in [0.3, 0.4) is 0 Å². The van der Waals surface area contributed by atoms with E-state index in [0.717, 1.165) is 16.1 Å². The molecule has 1 saturated heterocycles. The lowest BCUT2D eigenvalue weighted by atomic mass is 9.85. The maximum atomic E-state index is 14.4. The van der Waals surface area contributed by atoms with Gasteiger partial charge < -0.3 is 30.1 Å². The summed E-state index contributed by atoms with van der Waals surface area (Å²) in [5.41, 5.74) is 1.38. The number of hydrogen-bond acceptors (Lipinski definition) is 9. The number of halogens is 1. The molecule has 11 nitrogen and oxygen atoms in total. The lowest BCUT2D eigenvalue weighted by molar-refractivity contribution is -0.145. The van der Waals surface area contributed by atoms with Crippen LogP contribution in [0, 0.1) is 12.3 Å². The van der Waals surface area contributed by atoms with Crippen molar-refractivity contribution in [1.29, 1.82) is 0 Å². The summed E-state index contributed by atoms with van der Waals surface area (Å²) in [6.07, 6.45) is -0.668. The lowest BCUT2D eigenvalue weighted by Gasteiger charge is -2.35. The first kappa shape index (κ1) is 32.3. The minimum Gasteiger partial charge on any atom is -0.493 e. The van der Waals surface area contributed by atoms with Crippen LogP contribution in [-0.2, 0) is 30.5 Å². The molecule has 43 heavy (non-hydrogen) atoms. The van der Waals surface area contributed by atoms with Crippen LogP contribution in [0.1, 0.15) is 57.7 Å². The van der Waals surface area contributed by atoms with Crippen LogP contribution in [0.5, 0.6) is 5.75 Å². The van der Waals surface area contributed by atoms with Gasteiger partial charge in [0.15, 0.2) is 5.67 Å². The third kappa shape index (κ3) is 7.69. The number of aryl methyl sites for hydroxylation is 1. The van der Waals surface area contributed by atoms with Crippen molar-refractivity contribution in [3.05, 3.63) is 35.0 Å². The summed E-state index contributed by atoms with van der Waals surface area (Å²) in [4.78, 5) is 57.7. The van der Waals surface area contributed by atoms with E-state index in [1.165, 1.54) is 23.3 Å². The van der Waals surface area contributed by atoms with Gasteiger partial charge in [0, 0.05) is 25.1 Å². The SMILES string of the molecule is COC(=O)CCOc1cc(-c2scnc2C)ccc1CNC(=O)[C@@H]1C[C@@H](O)CN1C(=O)[C@@H](NC(=O)C1(F)CC1)C(C)(C)C. The van der Waals surface area contributed by atoms with E-state index >= 15 is 0 Å². The molecule has 2 aliphatic rings. The van der Waals surface area contributed by atoms with Gasteiger partial charge in [0.2, 0.25) is 11.8 Å². The predicted molar refractivity (Wildman–Crippen MR) is 157 cm³/mol. The van der Waals surface area contributed by atoms with E-state index in [1.54, 1.807) is 26.3 Å². The molecule has 3 N–H and O–H groups in total. The van der Waals surface area contributed by atoms with Gasteiger partial charge in [0.05, 0.1) is 42.3 Å². The van der Waals surface area contributed by atoms with Gasteiger partial charge in [0.25, 0.3) is 5.91 Å². The topological polar surface area (TPSA) is 147 Å². The number of thiazole rings is 1. The molecule has 1 aromatic carbocycles. The van der Waals surface area contributed by atoms with Crippen molar-refractivity contribution in [2.75, 3.05) is 20.3 Å². The van der Waals surface area contributed by atoms with Crippen molar-refractivity contribution >= 4 is 35.0 Å². The summed E-state index contributed by atoms with van der Waals surface area (Å²) in [6.45, 7) is 7.16. The number of amides is 3. The Balaban J connectivity index is 1.49. The molecule has 0 spiro atoms. The molecule has 0 bridgehead atoms. The van der Waals surface area contributed by atoms with Gasteiger partial charge >= 0.3 is 5.97 Å². The van der Waals surface area contributed by atoms with Crippen molar-refractivity contribution in [1.82, 2.24) is 20.5 Å². The Kier molecular flexibility index (Phi) is 9.75. The zero-order valence-corrected chi connectivity index (χ0v) is 25.9. The second-order valence-electron chi connectivity index (χ2n) is 12.1. The van der Waals surface area contributed by atoms with Crippen LogP contribution >= 0.6 is 11.3 Å². The average molecular weight is 619 g/mol. The Bertz CT molecular complexity index is 1370. The minimum atomic E-state index is -1.96. The second kappa shape index (κ2) is 13.0. The van der Waals surface area contributed by atoms with Gasteiger partial charge in [0.1, 0.15) is 17.8 Å². The number of alkyl halides is 1. The van der Waals surface area contributed by atoms with E-state index in [1.807, 2.05) is 25.1 Å². The monoisotopic (exact) mass is 618 g/mol. The van der Waals surface area contributed by atoms with Crippen molar-refractivity contribution in [2.24, 2.45) is 5.41 Å². The van der Waals surface area contributed by atoms with E-state index in [-0.39, 0.29) is 45.4 Å². The fourth-order valence-electron chi connectivity index (χ4n) is 4.92. The number of methoxy groups -OCH3 is 1. The van der Waals surface area contributed by atoms with E-state index in [2.05, 4.69) is 15.6 Å². The smallest absolute Gasteiger partial charge is 0.308 e. The summed E-state index contributed by atoms with van der Waals surface area (Å²) in [5.74, 6) is -1.84. The molecule has 1 aliphatic heterocycles. The lowest BCUT2D eigenvalue weighted by Crippen LogP contribution is -2.59. The van der Waals surface area contributed by atoms with Gasteiger partial charge in [-0.05, 0) is 36.8 Å². The molecule has 0 radical (unpaired) electrons. The Morgan fingerprint density at radius 3 is 2.58 bits per heavy atom. The van der Waals surface area contributed by atoms with Crippen molar-refractivity contribution < 1.29 is 38.1 Å². The molecule has 2 heterocycles. The highest BCUT2D eigenvalue weighted by Crippen LogP contribution is 2.40. The average Bonchev–Trinajstić information content (AvgIpc) is 3.37. The Morgan fingerprint density at radius 1 is 1.26 bits per heavy atom. The minimum absolute atomic E-state index is 0.0154. The van der Waals surface area contributed by atoms with Crippen molar-refractivity contribution in [2.45, 2.75) is 83.8 Å². The number of esters is 1. The molecule has 234 valence electrons. The van der Waals surface area contributed by atoms with Crippen LogP contribution in [0.15, 0.2) is 23.7 Å². The van der Waals surface area contributed by atoms with Gasteiger partial charge in [-0.25, -0.2) is 9.37 Å². The zero-order valence-electron chi connectivity index (χ0n) is 25.1. The summed E-state index contributed by atoms with van der Waals surface area (Å²) in [7, 11) is 1.30. The number of benzene rings is 1. The van der Waals surface area contributed by atoms with E-state index in [0.29, 0.717) is 11.3 Å². The van der Waals surface area contributed by atoms with Gasteiger partial charge in [-0.15, -0.1) is 11.3 Å². The number of rotatable bonds is 11. The summed E-state index contributed by atoms with van der Waals surface area (Å²) in [5, 5.41) is 15.8. The molecule has 13 heteroatoms. The number of aliphatic hydroxyl groups is 1. The normalized spacial score (nSPS) is 19.8. The molecule has 1 aliphatic carbocycles. The van der Waals surface area contributed by atoms with Crippen LogP contribution in [0.2, 0.25) is 0 Å². The Labute approximate surface area is 254 Å². The van der Waals surface area contributed by atoms with E-state index < -0.39 is 53.0 Å². The molecule has 1 saturated carbocycles. The van der Waals surface area contributed by atoms with Gasteiger partial charge in [-0.1, -0.05) is 32.9 Å². The summed E-state index contributed by atoms with van der Waals surface area (Å²) in [6, 6.07) is 3.43. The zero-order chi connectivity index (χ0) is 31.5. The Morgan fingerprint density at radius 2 is 1.98 bits per heavy atom. The fourth-order valence-corrected chi connectivity index (χ4v) is 5.72. The van der Waals surface area contributed by atoms with Gasteiger partial charge in [-0.3, -0.25) is 19.2 Å². The highest BCUT2D eigenvalue weighted by molar-refractivity contribution is 7.13. The molecule has 2 aromatic rings. The van der Waals surface area contributed by atoms with Gasteiger partial charge in [-0.2, -0.15) is 0 Å². The molecule has 4 rings (SSSR count). The number of hydrogen-bond donors (Lipinski definition) is 3. The number of ether oxygens (including phenoxy) is 2. The first-order valence-electron chi connectivity index (χ1n) is 14.2. The number of likely N-dealkylation sites (tertiary alicyclic amines) is 1. The number of β-amino-alcohol motifs (C(OH)–C–C–N with tert-alkyl or cyclic N) is 1. The standard InChI is InChI=1S/C30H39FN4O7S/c1-17-24(43-16-33-17)18-6-7-19(22(12-18)42-11-8-23(37)41-5)14-32-26(38)21-13-20(36)15-35(21)27(39)25(29(2,3)4)34-28(40)30(31)9-10-30/h6-7,12,16,20-21,25,36H,8-11,13-15H2,1-5H3,(H,32,38)(H,34,40)/t20-,21+,25-/m1/s1. The summed E-state index contributed by atoms with van der Waals surface area (Å²) >= 11 is 1.48. The largest absolute Gasteiger partial charge is 0.493 e. The first-order valence-corrected chi connectivity index (χ1v) is 15.1. The summed E-state index contributed by atoms with van der Waals surface area (Å²) < 4.78 is 25.0. The molecule has 2 fully saturated rings. The third-order valence-electron chi connectivity index (χ3n) is 7.67. The number of carbonyl (C=O) groups is 4. The quantitative estimate of drug-likeness (QED) is 0.326. The van der Waals surface area contributed by atoms with Crippen LogP contribution < -0.4 is 15.4 Å². The predicted octanol–water partition coefficient (Wildman–Crippen LogP) is 2.67. The molecular weight excluding hydrogens is 579 g/mol. The maximum Gasteiger partial charge on any atom is 0.308 e. The van der Waals surface area contributed by atoms with Crippen LogP contribution in [0.4, 0.5) is 4.39 Å². The van der Waals surface area contributed by atoms with Crippen molar-refractivity contribution in [3.8, 4) is 16.2 Å². The molecule has 3 amide bonds. The number of aromatic nitrogens is 1. The first-order chi connectivity index (χ1) is 20.2. The van der Waals surface area contributed by atoms with Crippen LogP contribution in [0.25, 0.3) is 10.4 Å². The number of nitrogens with zero attached hydrogens (tertiary/aromatic N) is 2. The molecule has 0 unspecified atom stereocenters. The fraction of sp³-hybridized carbons (Fsp3) is 0.567. The third-order valence-corrected chi connectivity index (χ3v) is 8.65. The molecule has 1 aromatic heterocycles. The second-order valence-corrected chi connectivity index (χ2v) is 13.0. The highest BCUT2D eigenvalue weighted by Gasteiger charge is 2.53. The highest BCUT2D eigenvalue weighted by atomic mass is 32.1.